The highest BCUT2D eigenvalue weighted by atomic mass is 16.7. The van der Waals surface area contributed by atoms with Crippen LogP contribution in [0, 0.1) is 0 Å². The van der Waals surface area contributed by atoms with Crippen LogP contribution < -0.4 is 0 Å². The van der Waals surface area contributed by atoms with Crippen LogP contribution in [0.5, 0.6) is 0 Å². The molecular weight excluding hydrogens is 332 g/mol. The molecule has 0 bridgehead atoms. The number of nitrogens with zero attached hydrogens (tertiary/aromatic N) is 4. The third-order valence-corrected chi connectivity index (χ3v) is 4.98. The van der Waals surface area contributed by atoms with E-state index in [2.05, 4.69) is 10.1 Å². The van der Waals surface area contributed by atoms with Gasteiger partial charge < -0.3 is 9.42 Å². The van der Waals surface area contributed by atoms with Gasteiger partial charge in [-0.3, -0.25) is 9.63 Å². The molecule has 2 aliphatic rings. The van der Waals surface area contributed by atoms with Crippen molar-refractivity contribution in [3.63, 3.8) is 0 Å². The molecule has 0 saturated carbocycles. The fourth-order valence-electron chi connectivity index (χ4n) is 3.59. The Morgan fingerprint density at radius 2 is 2.04 bits per heavy atom. The average Bonchev–Trinajstić information content (AvgIpc) is 3.37. The van der Waals surface area contributed by atoms with E-state index in [1.165, 1.54) is 0 Å². The summed E-state index contributed by atoms with van der Waals surface area (Å²) in [5, 5.41) is 6.00. The van der Waals surface area contributed by atoms with Gasteiger partial charge >= 0.3 is 0 Å². The van der Waals surface area contributed by atoms with Crippen LogP contribution in [0.3, 0.4) is 0 Å². The summed E-state index contributed by atoms with van der Waals surface area (Å²) < 4.78 is 5.49. The average molecular weight is 356 g/mol. The molecule has 0 aliphatic carbocycles. The smallest absolute Gasteiger partial charge is 0.249 e. The quantitative estimate of drug-likeness (QED) is 0.820. The Bertz CT molecular complexity index is 727. The van der Waals surface area contributed by atoms with E-state index >= 15 is 0 Å². The van der Waals surface area contributed by atoms with Gasteiger partial charge in [-0.2, -0.15) is 10.0 Å². The van der Waals surface area contributed by atoms with Crippen LogP contribution in [0.1, 0.15) is 44.0 Å². The van der Waals surface area contributed by atoms with E-state index in [9.17, 15) is 4.79 Å². The van der Waals surface area contributed by atoms with Gasteiger partial charge in [-0.15, -0.1) is 0 Å². The second-order valence-corrected chi connectivity index (χ2v) is 6.79. The first-order valence-electron chi connectivity index (χ1n) is 9.37. The Balaban J connectivity index is 1.40. The number of hydrogen-bond acceptors (Lipinski definition) is 6. The SMILES string of the molecule is O=C(CCN1CCCCO1)N1CCC[C@@H]1c1nc(-c2ccccc2)no1. The van der Waals surface area contributed by atoms with Gasteiger partial charge in [0.05, 0.1) is 6.61 Å². The topological polar surface area (TPSA) is 71.7 Å². The lowest BCUT2D eigenvalue weighted by molar-refractivity contribution is -0.182. The largest absolute Gasteiger partial charge is 0.337 e. The summed E-state index contributed by atoms with van der Waals surface area (Å²) in [5.41, 5.74) is 0.917. The highest BCUT2D eigenvalue weighted by molar-refractivity contribution is 5.77. The van der Waals surface area contributed by atoms with E-state index in [0.717, 1.165) is 50.9 Å². The molecule has 4 rings (SSSR count). The Kier molecular flexibility index (Phi) is 5.26. The predicted molar refractivity (Wildman–Crippen MR) is 94.8 cm³/mol. The van der Waals surface area contributed by atoms with Gasteiger partial charge in [0.2, 0.25) is 17.6 Å². The Labute approximate surface area is 152 Å². The molecule has 1 atom stereocenters. The van der Waals surface area contributed by atoms with Crippen molar-refractivity contribution >= 4 is 5.91 Å². The van der Waals surface area contributed by atoms with Crippen molar-refractivity contribution in [2.45, 2.75) is 38.1 Å². The van der Waals surface area contributed by atoms with E-state index in [-0.39, 0.29) is 11.9 Å². The lowest BCUT2D eigenvalue weighted by Gasteiger charge is -2.27. The maximum absolute atomic E-state index is 12.7. The molecule has 2 fully saturated rings. The number of hydrogen-bond donors (Lipinski definition) is 0. The van der Waals surface area contributed by atoms with Crippen LogP contribution in [0.4, 0.5) is 0 Å². The third kappa shape index (κ3) is 3.78. The van der Waals surface area contributed by atoms with Crippen molar-refractivity contribution in [1.29, 1.82) is 0 Å². The lowest BCUT2D eigenvalue weighted by atomic mass is 10.2. The number of aromatic nitrogens is 2. The third-order valence-electron chi connectivity index (χ3n) is 4.98. The lowest BCUT2D eigenvalue weighted by Crippen LogP contribution is -2.36. The molecule has 1 amide bonds. The molecule has 2 aliphatic heterocycles. The van der Waals surface area contributed by atoms with Crippen LogP contribution in [0.15, 0.2) is 34.9 Å². The molecule has 0 radical (unpaired) electrons. The molecule has 26 heavy (non-hydrogen) atoms. The second kappa shape index (κ2) is 7.97. The second-order valence-electron chi connectivity index (χ2n) is 6.79. The van der Waals surface area contributed by atoms with Gasteiger partial charge in [0, 0.05) is 31.6 Å². The molecule has 7 nitrogen and oxygen atoms in total. The number of likely N-dealkylation sites (tertiary alicyclic amines) is 1. The Morgan fingerprint density at radius 1 is 1.15 bits per heavy atom. The summed E-state index contributed by atoms with van der Waals surface area (Å²) in [4.78, 5) is 24.7. The first-order chi connectivity index (χ1) is 12.8. The predicted octanol–water partition coefficient (Wildman–Crippen LogP) is 2.82. The molecule has 138 valence electrons. The van der Waals surface area contributed by atoms with E-state index in [0.29, 0.717) is 24.7 Å². The summed E-state index contributed by atoms with van der Waals surface area (Å²) in [7, 11) is 0. The highest BCUT2D eigenvalue weighted by Crippen LogP contribution is 2.32. The minimum atomic E-state index is -0.116. The fraction of sp³-hybridized carbons (Fsp3) is 0.526. The normalized spacial score (nSPS) is 21.2. The molecule has 3 heterocycles. The molecule has 2 saturated heterocycles. The van der Waals surface area contributed by atoms with E-state index < -0.39 is 0 Å². The van der Waals surface area contributed by atoms with Gasteiger partial charge in [-0.05, 0) is 25.7 Å². The first-order valence-corrected chi connectivity index (χ1v) is 9.37. The standard InChI is InChI=1S/C19H24N4O3/c24-17(10-13-22-11-4-5-14-25-22)23-12-6-9-16(23)19-20-18(21-26-19)15-7-2-1-3-8-15/h1-3,7-8,16H,4-6,9-14H2/t16-/m1/s1. The molecule has 0 N–H and O–H groups in total. The molecule has 0 spiro atoms. The summed E-state index contributed by atoms with van der Waals surface area (Å²) in [6.45, 7) is 3.04. The van der Waals surface area contributed by atoms with E-state index in [4.69, 9.17) is 9.36 Å². The minimum Gasteiger partial charge on any atom is -0.337 e. The summed E-state index contributed by atoms with van der Waals surface area (Å²) in [6.07, 6.45) is 4.50. The summed E-state index contributed by atoms with van der Waals surface area (Å²) >= 11 is 0. The number of benzene rings is 1. The zero-order valence-corrected chi connectivity index (χ0v) is 14.8. The number of carbonyl (C=O) groups excluding carboxylic acids is 1. The van der Waals surface area contributed by atoms with Crippen LogP contribution in [-0.2, 0) is 9.63 Å². The monoisotopic (exact) mass is 356 g/mol. The van der Waals surface area contributed by atoms with Gasteiger partial charge in [0.25, 0.3) is 0 Å². The minimum absolute atomic E-state index is 0.116. The number of hydroxylamine groups is 2. The van der Waals surface area contributed by atoms with Crippen LogP contribution in [-0.4, -0.2) is 52.3 Å². The number of carbonyl (C=O) groups is 1. The van der Waals surface area contributed by atoms with Crippen LogP contribution >= 0.6 is 0 Å². The number of amides is 1. The van der Waals surface area contributed by atoms with E-state index in [1.54, 1.807) is 0 Å². The zero-order valence-electron chi connectivity index (χ0n) is 14.8. The van der Waals surface area contributed by atoms with Crippen molar-refractivity contribution in [3.05, 3.63) is 36.2 Å². The Hall–Kier alpha value is -2.25. The fourth-order valence-corrected chi connectivity index (χ4v) is 3.59. The van der Waals surface area contributed by atoms with Gasteiger partial charge in [0.1, 0.15) is 6.04 Å². The van der Waals surface area contributed by atoms with Crippen molar-refractivity contribution in [2.24, 2.45) is 0 Å². The van der Waals surface area contributed by atoms with Crippen molar-refractivity contribution in [1.82, 2.24) is 20.1 Å². The number of rotatable bonds is 5. The van der Waals surface area contributed by atoms with Gasteiger partial charge in [-0.25, -0.2) is 0 Å². The van der Waals surface area contributed by atoms with Crippen molar-refractivity contribution < 1.29 is 14.2 Å². The summed E-state index contributed by atoms with van der Waals surface area (Å²) in [5.74, 6) is 1.23. The molecule has 7 heteroatoms. The maximum atomic E-state index is 12.7. The van der Waals surface area contributed by atoms with Gasteiger partial charge in [0.15, 0.2) is 0 Å². The first kappa shape index (κ1) is 17.2. The van der Waals surface area contributed by atoms with Crippen LogP contribution in [0.2, 0.25) is 0 Å². The molecular formula is C19H24N4O3. The molecule has 0 unspecified atom stereocenters. The molecule has 2 aromatic rings. The van der Waals surface area contributed by atoms with E-state index in [1.807, 2.05) is 40.3 Å². The van der Waals surface area contributed by atoms with Crippen molar-refractivity contribution in [2.75, 3.05) is 26.2 Å². The van der Waals surface area contributed by atoms with Crippen molar-refractivity contribution in [3.8, 4) is 11.4 Å². The van der Waals surface area contributed by atoms with Gasteiger partial charge in [-0.1, -0.05) is 35.5 Å². The highest BCUT2D eigenvalue weighted by Gasteiger charge is 2.34. The summed E-state index contributed by atoms with van der Waals surface area (Å²) in [6, 6.07) is 9.62. The Morgan fingerprint density at radius 3 is 2.85 bits per heavy atom. The molecule has 1 aromatic heterocycles. The molecule has 1 aromatic carbocycles. The maximum Gasteiger partial charge on any atom is 0.249 e. The zero-order chi connectivity index (χ0) is 17.8. The van der Waals surface area contributed by atoms with Crippen LogP contribution in [0.25, 0.3) is 11.4 Å².